The number of nitrogens with one attached hydrogen (secondary N) is 1. The van der Waals surface area contributed by atoms with Gasteiger partial charge in [-0.1, -0.05) is 29.8 Å². The van der Waals surface area contributed by atoms with E-state index in [9.17, 15) is 18.0 Å². The highest BCUT2D eigenvalue weighted by molar-refractivity contribution is 8.00. The molecule has 0 aliphatic heterocycles. The third kappa shape index (κ3) is 4.99. The van der Waals surface area contributed by atoms with Gasteiger partial charge in [-0.15, -0.1) is 0 Å². The van der Waals surface area contributed by atoms with E-state index in [1.807, 2.05) is 31.2 Å². The van der Waals surface area contributed by atoms with Crippen LogP contribution in [0, 0.1) is 6.92 Å². The molecule has 2 aromatic rings. The van der Waals surface area contributed by atoms with Crippen LogP contribution < -0.4 is 5.32 Å². The van der Waals surface area contributed by atoms with Crippen LogP contribution in [0.3, 0.4) is 0 Å². The van der Waals surface area contributed by atoms with Crippen molar-refractivity contribution in [2.75, 3.05) is 0 Å². The molecule has 0 spiro atoms. The SMILES string of the molecule is Cc1ccc(C(C)NC(=O)c2cccnc2SC(F)(F)F)cc1. The van der Waals surface area contributed by atoms with Crippen LogP contribution in [0.25, 0.3) is 0 Å². The normalized spacial score (nSPS) is 12.7. The van der Waals surface area contributed by atoms with Gasteiger partial charge in [-0.2, -0.15) is 13.2 Å². The lowest BCUT2D eigenvalue weighted by molar-refractivity contribution is -0.0329. The molecule has 122 valence electrons. The predicted octanol–water partition coefficient (Wildman–Crippen LogP) is 4.49. The maximum atomic E-state index is 12.5. The summed E-state index contributed by atoms with van der Waals surface area (Å²) >= 11 is -0.391. The lowest BCUT2D eigenvalue weighted by Crippen LogP contribution is -2.27. The minimum absolute atomic E-state index is 0.0891. The Hall–Kier alpha value is -2.02. The van der Waals surface area contributed by atoms with Gasteiger partial charge in [-0.25, -0.2) is 4.98 Å². The molecule has 0 bridgehead atoms. The van der Waals surface area contributed by atoms with E-state index in [0.717, 1.165) is 11.1 Å². The molecule has 1 heterocycles. The van der Waals surface area contributed by atoms with Gasteiger partial charge < -0.3 is 5.32 Å². The third-order valence-electron chi connectivity index (χ3n) is 3.15. The summed E-state index contributed by atoms with van der Waals surface area (Å²) in [6.45, 7) is 3.72. The number of thioether (sulfide) groups is 1. The number of nitrogens with zero attached hydrogens (tertiary/aromatic N) is 1. The standard InChI is InChI=1S/C16H15F3N2OS/c1-10-5-7-12(8-6-10)11(2)21-14(22)13-4-3-9-20-15(13)23-16(17,18)19/h3-9,11H,1-2H3,(H,21,22). The summed E-state index contributed by atoms with van der Waals surface area (Å²) < 4.78 is 37.6. The quantitative estimate of drug-likeness (QED) is 0.834. The summed E-state index contributed by atoms with van der Waals surface area (Å²) in [5.41, 5.74) is -2.62. The highest BCUT2D eigenvalue weighted by Gasteiger charge is 2.32. The minimum atomic E-state index is -4.49. The molecule has 23 heavy (non-hydrogen) atoms. The van der Waals surface area contributed by atoms with Gasteiger partial charge in [-0.3, -0.25) is 4.79 Å². The number of halogens is 3. The highest BCUT2D eigenvalue weighted by atomic mass is 32.2. The van der Waals surface area contributed by atoms with Crippen molar-refractivity contribution in [2.45, 2.75) is 30.4 Å². The van der Waals surface area contributed by atoms with Crippen LogP contribution in [-0.2, 0) is 0 Å². The second kappa shape index (κ2) is 7.04. The van der Waals surface area contributed by atoms with Crippen molar-refractivity contribution in [3.05, 3.63) is 59.3 Å². The zero-order chi connectivity index (χ0) is 17.0. The number of alkyl halides is 3. The topological polar surface area (TPSA) is 42.0 Å². The lowest BCUT2D eigenvalue weighted by atomic mass is 10.1. The summed E-state index contributed by atoms with van der Waals surface area (Å²) in [7, 11) is 0. The number of pyridine rings is 1. The number of aromatic nitrogens is 1. The van der Waals surface area contributed by atoms with Crippen LogP contribution in [0.1, 0.15) is 34.5 Å². The fraction of sp³-hybridized carbons (Fsp3) is 0.250. The Morgan fingerprint density at radius 3 is 2.48 bits per heavy atom. The number of rotatable bonds is 4. The summed E-state index contributed by atoms with van der Waals surface area (Å²) in [5, 5.41) is 2.35. The van der Waals surface area contributed by atoms with Crippen molar-refractivity contribution in [3.63, 3.8) is 0 Å². The predicted molar refractivity (Wildman–Crippen MR) is 83.2 cm³/mol. The molecule has 0 radical (unpaired) electrons. The molecule has 0 saturated heterocycles. The Morgan fingerprint density at radius 1 is 1.22 bits per heavy atom. The van der Waals surface area contributed by atoms with Crippen molar-refractivity contribution in [3.8, 4) is 0 Å². The van der Waals surface area contributed by atoms with Gasteiger partial charge in [0.15, 0.2) is 0 Å². The molecule has 2 rings (SSSR count). The zero-order valence-corrected chi connectivity index (χ0v) is 13.3. The summed E-state index contributed by atoms with van der Waals surface area (Å²) in [6.07, 6.45) is 1.23. The van der Waals surface area contributed by atoms with E-state index >= 15 is 0 Å². The van der Waals surface area contributed by atoms with Crippen LogP contribution in [0.15, 0.2) is 47.6 Å². The average molecular weight is 340 g/mol. The van der Waals surface area contributed by atoms with Crippen LogP contribution in [0.4, 0.5) is 13.2 Å². The molecule has 0 aliphatic rings. The van der Waals surface area contributed by atoms with Gasteiger partial charge in [0.1, 0.15) is 5.03 Å². The molecule has 1 unspecified atom stereocenters. The Bertz CT molecular complexity index is 686. The highest BCUT2D eigenvalue weighted by Crippen LogP contribution is 2.37. The Balaban J connectivity index is 2.16. The molecule has 3 nitrogen and oxygen atoms in total. The first-order valence-electron chi connectivity index (χ1n) is 6.84. The van der Waals surface area contributed by atoms with Crippen molar-refractivity contribution >= 4 is 17.7 Å². The Kier molecular flexibility index (Phi) is 5.30. The Labute approximate surface area is 136 Å². The fourth-order valence-electron chi connectivity index (χ4n) is 1.97. The number of hydrogen-bond acceptors (Lipinski definition) is 3. The van der Waals surface area contributed by atoms with Gasteiger partial charge in [0.25, 0.3) is 5.91 Å². The van der Waals surface area contributed by atoms with Crippen LogP contribution in [-0.4, -0.2) is 16.4 Å². The second-order valence-electron chi connectivity index (χ2n) is 5.01. The monoisotopic (exact) mass is 340 g/mol. The third-order valence-corrected chi connectivity index (χ3v) is 3.90. The maximum absolute atomic E-state index is 12.5. The minimum Gasteiger partial charge on any atom is -0.345 e. The molecular weight excluding hydrogens is 325 g/mol. The van der Waals surface area contributed by atoms with Gasteiger partial charge in [0.05, 0.1) is 11.6 Å². The van der Waals surface area contributed by atoms with E-state index in [1.54, 1.807) is 6.92 Å². The van der Waals surface area contributed by atoms with E-state index < -0.39 is 23.2 Å². The molecule has 1 amide bonds. The molecule has 7 heteroatoms. The Morgan fingerprint density at radius 2 is 1.87 bits per heavy atom. The largest absolute Gasteiger partial charge is 0.447 e. The molecule has 1 N–H and O–H groups in total. The van der Waals surface area contributed by atoms with Gasteiger partial charge in [0.2, 0.25) is 0 Å². The summed E-state index contributed by atoms with van der Waals surface area (Å²) in [6, 6.07) is 10.0. The molecule has 0 fully saturated rings. The zero-order valence-electron chi connectivity index (χ0n) is 12.5. The van der Waals surface area contributed by atoms with Crippen LogP contribution >= 0.6 is 11.8 Å². The van der Waals surface area contributed by atoms with E-state index in [4.69, 9.17) is 0 Å². The number of aryl methyl sites for hydroxylation is 1. The molecule has 0 aliphatic carbocycles. The fourth-order valence-corrected chi connectivity index (χ4v) is 2.57. The number of hydrogen-bond donors (Lipinski definition) is 1. The number of benzene rings is 1. The van der Waals surface area contributed by atoms with Crippen molar-refractivity contribution in [1.82, 2.24) is 10.3 Å². The average Bonchev–Trinajstić information content (AvgIpc) is 2.46. The van der Waals surface area contributed by atoms with E-state index in [2.05, 4.69) is 10.3 Å². The van der Waals surface area contributed by atoms with E-state index in [1.165, 1.54) is 18.3 Å². The molecule has 0 saturated carbocycles. The smallest absolute Gasteiger partial charge is 0.345 e. The van der Waals surface area contributed by atoms with Crippen molar-refractivity contribution in [2.24, 2.45) is 0 Å². The van der Waals surface area contributed by atoms with Gasteiger partial charge >= 0.3 is 5.51 Å². The van der Waals surface area contributed by atoms with Gasteiger partial charge in [-0.05, 0) is 31.5 Å². The first-order chi connectivity index (χ1) is 10.8. The van der Waals surface area contributed by atoms with Crippen LogP contribution in [0.5, 0.6) is 0 Å². The number of carbonyl (C=O) groups excluding carboxylic acids is 1. The first-order valence-corrected chi connectivity index (χ1v) is 7.66. The molecular formula is C16H15F3N2OS. The lowest BCUT2D eigenvalue weighted by Gasteiger charge is -2.16. The van der Waals surface area contributed by atoms with Crippen molar-refractivity contribution < 1.29 is 18.0 Å². The van der Waals surface area contributed by atoms with Gasteiger partial charge in [0, 0.05) is 18.0 Å². The summed E-state index contributed by atoms with van der Waals surface area (Å²) in [5.74, 6) is -0.585. The summed E-state index contributed by atoms with van der Waals surface area (Å²) in [4.78, 5) is 15.9. The molecule has 1 aromatic carbocycles. The number of amides is 1. The molecule has 1 atom stereocenters. The van der Waals surface area contributed by atoms with Crippen LogP contribution in [0.2, 0.25) is 0 Å². The number of carbonyl (C=O) groups is 1. The maximum Gasteiger partial charge on any atom is 0.447 e. The second-order valence-corrected chi connectivity index (χ2v) is 6.06. The molecule has 1 aromatic heterocycles. The van der Waals surface area contributed by atoms with E-state index in [-0.39, 0.29) is 16.6 Å². The van der Waals surface area contributed by atoms with E-state index in [0.29, 0.717) is 0 Å². The van der Waals surface area contributed by atoms with Crippen molar-refractivity contribution in [1.29, 1.82) is 0 Å². The first kappa shape index (κ1) is 17.3.